The summed E-state index contributed by atoms with van der Waals surface area (Å²) in [5.74, 6) is 0.564. The van der Waals surface area contributed by atoms with Crippen LogP contribution in [0.1, 0.15) is 16.7 Å². The van der Waals surface area contributed by atoms with E-state index < -0.39 is 4.92 Å². The number of hydrogen-bond donors (Lipinski definition) is 1. The Morgan fingerprint density at radius 2 is 1.57 bits per heavy atom. The zero-order chi connectivity index (χ0) is 19.8. The Morgan fingerprint density at radius 1 is 0.893 bits per heavy atom. The van der Waals surface area contributed by atoms with Crippen molar-refractivity contribution in [1.29, 1.82) is 0 Å². The lowest BCUT2D eigenvalue weighted by molar-refractivity contribution is -0.384. The molecule has 3 aromatic carbocycles. The first-order valence-electron chi connectivity index (χ1n) is 8.86. The lowest BCUT2D eigenvalue weighted by atomic mass is 10.1. The number of para-hydroxylation sites is 1. The summed E-state index contributed by atoms with van der Waals surface area (Å²) in [7, 11) is 0. The van der Waals surface area contributed by atoms with Crippen molar-refractivity contribution in [2.75, 3.05) is 0 Å². The van der Waals surface area contributed by atoms with Crippen molar-refractivity contribution in [2.45, 2.75) is 19.6 Å². The number of nitrogens with zero attached hydrogens (tertiary/aromatic N) is 1. The molecule has 0 unspecified atom stereocenters. The molecule has 28 heavy (non-hydrogen) atoms. The molecule has 0 aliphatic heterocycles. The Labute approximate surface area is 162 Å². The van der Waals surface area contributed by atoms with Crippen molar-refractivity contribution >= 4 is 11.6 Å². The molecule has 0 saturated carbocycles. The number of nitrogens with one attached hydrogen (secondary N) is 1. The molecule has 0 saturated heterocycles. The van der Waals surface area contributed by atoms with Crippen LogP contribution in [0.15, 0.2) is 78.9 Å². The van der Waals surface area contributed by atoms with Crippen LogP contribution in [0.4, 0.5) is 5.69 Å². The van der Waals surface area contributed by atoms with Gasteiger partial charge < -0.3 is 10.1 Å². The van der Waals surface area contributed by atoms with Crippen LogP contribution in [0.3, 0.4) is 0 Å². The monoisotopic (exact) mass is 376 g/mol. The maximum atomic E-state index is 12.2. The number of amides is 1. The van der Waals surface area contributed by atoms with E-state index in [1.165, 1.54) is 12.1 Å². The van der Waals surface area contributed by atoms with Gasteiger partial charge in [-0.25, -0.2) is 0 Å². The first-order chi connectivity index (χ1) is 13.6. The summed E-state index contributed by atoms with van der Waals surface area (Å²) in [5.41, 5.74) is 2.68. The lowest BCUT2D eigenvalue weighted by Crippen LogP contribution is -2.24. The van der Waals surface area contributed by atoms with Gasteiger partial charge in [0, 0.05) is 24.2 Å². The maximum Gasteiger partial charge on any atom is 0.269 e. The molecule has 1 amide bonds. The highest BCUT2D eigenvalue weighted by Gasteiger charge is 2.09. The number of carbonyl (C=O) groups excluding carboxylic acids is 1. The Bertz CT molecular complexity index is 940. The van der Waals surface area contributed by atoms with Crippen LogP contribution in [0.5, 0.6) is 5.75 Å². The van der Waals surface area contributed by atoms with E-state index >= 15 is 0 Å². The first-order valence-corrected chi connectivity index (χ1v) is 8.86. The fourth-order valence-electron chi connectivity index (χ4n) is 2.70. The molecule has 1 N–H and O–H groups in total. The highest BCUT2D eigenvalue weighted by Crippen LogP contribution is 2.19. The molecule has 0 heterocycles. The molecule has 0 radical (unpaired) electrons. The van der Waals surface area contributed by atoms with Gasteiger partial charge in [0.2, 0.25) is 5.91 Å². The molecule has 3 aromatic rings. The van der Waals surface area contributed by atoms with Crippen molar-refractivity contribution in [3.63, 3.8) is 0 Å². The molecule has 3 rings (SSSR count). The summed E-state index contributed by atoms with van der Waals surface area (Å²) in [6.45, 7) is 0.797. The van der Waals surface area contributed by atoms with Crippen molar-refractivity contribution in [3.8, 4) is 5.75 Å². The minimum absolute atomic E-state index is 0.00801. The number of non-ortho nitro benzene ring substituents is 1. The molecule has 6 heteroatoms. The molecule has 0 spiro atoms. The molecule has 0 atom stereocenters. The normalized spacial score (nSPS) is 10.3. The Balaban J connectivity index is 1.55. The largest absolute Gasteiger partial charge is 0.489 e. The van der Waals surface area contributed by atoms with E-state index in [4.69, 9.17) is 4.74 Å². The maximum absolute atomic E-state index is 12.2. The highest BCUT2D eigenvalue weighted by atomic mass is 16.6. The number of ether oxygens (including phenoxy) is 1. The third kappa shape index (κ3) is 5.41. The van der Waals surface area contributed by atoms with Crippen LogP contribution < -0.4 is 10.1 Å². The first kappa shape index (κ1) is 19.1. The van der Waals surface area contributed by atoms with E-state index in [9.17, 15) is 14.9 Å². The van der Waals surface area contributed by atoms with Gasteiger partial charge in [0.1, 0.15) is 12.4 Å². The van der Waals surface area contributed by atoms with Gasteiger partial charge in [-0.3, -0.25) is 14.9 Å². The van der Waals surface area contributed by atoms with Crippen molar-refractivity contribution in [2.24, 2.45) is 0 Å². The molecule has 0 aliphatic carbocycles. The fourth-order valence-corrected chi connectivity index (χ4v) is 2.70. The number of rotatable bonds is 8. The van der Waals surface area contributed by atoms with Gasteiger partial charge in [-0.15, -0.1) is 0 Å². The molecular weight excluding hydrogens is 356 g/mol. The van der Waals surface area contributed by atoms with Crippen molar-refractivity contribution in [1.82, 2.24) is 5.32 Å². The number of nitro groups is 1. The van der Waals surface area contributed by atoms with Gasteiger partial charge in [0.25, 0.3) is 5.69 Å². The minimum Gasteiger partial charge on any atom is -0.489 e. The summed E-state index contributed by atoms with van der Waals surface area (Å²) in [4.78, 5) is 22.4. The van der Waals surface area contributed by atoms with Crippen LogP contribution >= 0.6 is 0 Å². The van der Waals surface area contributed by atoms with Gasteiger partial charge >= 0.3 is 0 Å². The quantitative estimate of drug-likeness (QED) is 0.475. The molecule has 0 fully saturated rings. The molecule has 6 nitrogen and oxygen atoms in total. The van der Waals surface area contributed by atoms with E-state index in [1.807, 2.05) is 54.6 Å². The predicted octanol–water partition coefficient (Wildman–Crippen LogP) is 4.03. The third-order valence-corrected chi connectivity index (χ3v) is 4.20. The lowest BCUT2D eigenvalue weighted by Gasteiger charge is -2.12. The molecular formula is C22H20N2O4. The Morgan fingerprint density at radius 3 is 2.29 bits per heavy atom. The van der Waals surface area contributed by atoms with E-state index in [2.05, 4.69) is 5.32 Å². The standard InChI is InChI=1S/C22H20N2O4/c25-22(14-17-10-12-20(13-11-17)24(26)27)23-15-19-8-4-5-9-21(19)28-16-18-6-2-1-3-7-18/h1-13H,14-16H2,(H,23,25). The zero-order valence-corrected chi connectivity index (χ0v) is 15.2. The number of carbonyl (C=O) groups is 1. The van der Waals surface area contributed by atoms with Crippen molar-refractivity contribution < 1.29 is 14.5 Å². The second-order valence-corrected chi connectivity index (χ2v) is 6.26. The van der Waals surface area contributed by atoms with E-state index in [0.29, 0.717) is 13.2 Å². The fraction of sp³-hybridized carbons (Fsp3) is 0.136. The van der Waals surface area contributed by atoms with Crippen molar-refractivity contribution in [3.05, 3.63) is 106 Å². The summed E-state index contributed by atoms with van der Waals surface area (Å²) >= 11 is 0. The summed E-state index contributed by atoms with van der Waals surface area (Å²) in [6.07, 6.45) is 0.158. The highest BCUT2D eigenvalue weighted by molar-refractivity contribution is 5.78. The number of hydrogen-bond acceptors (Lipinski definition) is 4. The zero-order valence-electron chi connectivity index (χ0n) is 15.2. The number of nitro benzene ring substituents is 1. The average Bonchev–Trinajstić information content (AvgIpc) is 2.72. The summed E-state index contributed by atoms with van der Waals surface area (Å²) in [6, 6.07) is 23.4. The van der Waals surface area contributed by atoms with Crippen LogP contribution in [-0.4, -0.2) is 10.8 Å². The van der Waals surface area contributed by atoms with Crippen LogP contribution in [0.2, 0.25) is 0 Å². The van der Waals surface area contributed by atoms with Gasteiger partial charge in [-0.05, 0) is 17.2 Å². The smallest absolute Gasteiger partial charge is 0.269 e. The molecule has 0 aliphatic rings. The topological polar surface area (TPSA) is 81.5 Å². The van der Waals surface area contributed by atoms with Gasteiger partial charge in [0.15, 0.2) is 0 Å². The SMILES string of the molecule is O=C(Cc1ccc([N+](=O)[O-])cc1)NCc1ccccc1OCc1ccccc1. The van der Waals surface area contributed by atoms with E-state index in [-0.39, 0.29) is 18.0 Å². The van der Waals surface area contributed by atoms with Crippen LogP contribution in [-0.2, 0) is 24.4 Å². The number of benzene rings is 3. The van der Waals surface area contributed by atoms with Crippen LogP contribution in [0, 0.1) is 10.1 Å². The average molecular weight is 376 g/mol. The molecule has 142 valence electrons. The van der Waals surface area contributed by atoms with E-state index in [1.54, 1.807) is 12.1 Å². The predicted molar refractivity (Wildman–Crippen MR) is 106 cm³/mol. The third-order valence-electron chi connectivity index (χ3n) is 4.20. The van der Waals surface area contributed by atoms with E-state index in [0.717, 1.165) is 22.4 Å². The van der Waals surface area contributed by atoms with Gasteiger partial charge in [0.05, 0.1) is 11.3 Å². The second kappa shape index (κ2) is 9.32. The van der Waals surface area contributed by atoms with Gasteiger partial charge in [-0.2, -0.15) is 0 Å². The second-order valence-electron chi connectivity index (χ2n) is 6.26. The summed E-state index contributed by atoms with van der Waals surface area (Å²) < 4.78 is 5.89. The molecule has 0 bridgehead atoms. The molecule has 0 aromatic heterocycles. The van der Waals surface area contributed by atoms with Gasteiger partial charge in [-0.1, -0.05) is 60.7 Å². The Kier molecular flexibility index (Phi) is 6.36. The minimum atomic E-state index is -0.462. The summed E-state index contributed by atoms with van der Waals surface area (Å²) in [5, 5.41) is 13.6. The van der Waals surface area contributed by atoms with Crippen LogP contribution in [0.25, 0.3) is 0 Å². The Hall–Kier alpha value is -3.67.